The van der Waals surface area contributed by atoms with Crippen molar-refractivity contribution in [3.05, 3.63) is 70.0 Å². The van der Waals surface area contributed by atoms with E-state index in [4.69, 9.17) is 10.2 Å². The highest BCUT2D eigenvalue weighted by molar-refractivity contribution is 7.86. The van der Waals surface area contributed by atoms with Crippen LogP contribution < -0.4 is 15.3 Å². The summed E-state index contributed by atoms with van der Waals surface area (Å²) < 4.78 is 42.5. The predicted octanol–water partition coefficient (Wildman–Crippen LogP) is 9.08. The van der Waals surface area contributed by atoms with Crippen LogP contribution in [-0.4, -0.2) is 65.8 Å². The summed E-state index contributed by atoms with van der Waals surface area (Å²) in [5.41, 5.74) is 1.69. The number of hydrogen-bond donors (Lipinski definition) is 3. The van der Waals surface area contributed by atoms with Crippen LogP contribution in [0, 0.1) is 0 Å². The van der Waals surface area contributed by atoms with Crippen molar-refractivity contribution < 1.29 is 32.2 Å². The molecule has 0 aliphatic rings. The summed E-state index contributed by atoms with van der Waals surface area (Å²) in [4.78, 5) is 27.1. The molecule has 2 aromatic carbocycles. The average Bonchev–Trinajstić information content (AvgIpc) is 3.21. The minimum absolute atomic E-state index is 0.0864. The van der Waals surface area contributed by atoms with Crippen LogP contribution in [0.1, 0.15) is 124 Å². The van der Waals surface area contributed by atoms with Crippen LogP contribution in [0.5, 0.6) is 5.75 Å². The molecule has 1 atom stereocenters. The van der Waals surface area contributed by atoms with Crippen molar-refractivity contribution in [3.8, 4) is 5.75 Å². The lowest BCUT2D eigenvalue weighted by atomic mass is 9.79. The molecule has 1 heterocycles. The van der Waals surface area contributed by atoms with E-state index in [9.17, 15) is 22.5 Å². The van der Waals surface area contributed by atoms with Gasteiger partial charge in [0.05, 0.1) is 28.8 Å². The molecule has 0 saturated carbocycles. The van der Waals surface area contributed by atoms with Crippen molar-refractivity contribution in [1.29, 1.82) is 0 Å². The molecule has 0 bridgehead atoms. The zero-order valence-corrected chi connectivity index (χ0v) is 37.0. The maximum Gasteiger partial charge on any atom is 0.267 e. The van der Waals surface area contributed by atoms with Gasteiger partial charge in [-0.05, 0) is 67.3 Å². The van der Waals surface area contributed by atoms with E-state index in [1.165, 1.54) is 44.6 Å². The van der Waals surface area contributed by atoms with Crippen LogP contribution in [0.15, 0.2) is 63.2 Å². The maximum atomic E-state index is 13.8. The number of aryl methyl sites for hydroxylation is 1. The number of aromatic hydroxyl groups is 1. The van der Waals surface area contributed by atoms with Crippen molar-refractivity contribution in [2.45, 2.75) is 123 Å². The smallest absolute Gasteiger partial charge is 0.267 e. The van der Waals surface area contributed by atoms with Gasteiger partial charge in [-0.15, -0.1) is 4.99 Å². The number of anilines is 1. The monoisotopic (exact) mass is 820 g/mol. The number of allylic oxidation sites excluding steroid dienone is 1. The number of hydrogen-bond acceptors (Lipinski definition) is 10. The first-order valence-corrected chi connectivity index (χ1v) is 22.7. The van der Waals surface area contributed by atoms with E-state index >= 15 is 0 Å². The van der Waals surface area contributed by atoms with Crippen LogP contribution in [0.25, 0.3) is 17.0 Å². The zero-order chi connectivity index (χ0) is 42.3. The first kappa shape index (κ1) is 50.6. The van der Waals surface area contributed by atoms with Crippen LogP contribution in [0.2, 0.25) is 0 Å². The minimum Gasteiger partial charge on any atom is -0.506 e. The van der Waals surface area contributed by atoms with Crippen LogP contribution in [-0.2, 0) is 42.7 Å². The number of pyridine rings is 1. The van der Waals surface area contributed by atoms with Gasteiger partial charge < -0.3 is 14.6 Å². The average molecular weight is 821 g/mol. The molecule has 0 saturated heterocycles. The largest absolute Gasteiger partial charge is 0.506 e. The van der Waals surface area contributed by atoms with Gasteiger partial charge in [0.15, 0.2) is 11.0 Å². The fourth-order valence-electron chi connectivity index (χ4n) is 6.09. The lowest BCUT2D eigenvalue weighted by molar-refractivity contribution is -0.267. The van der Waals surface area contributed by atoms with Gasteiger partial charge in [0.25, 0.3) is 15.7 Å². The summed E-state index contributed by atoms with van der Waals surface area (Å²) in [6.07, 6.45) is 12.6. The molecule has 1 unspecified atom stereocenters. The van der Waals surface area contributed by atoms with Gasteiger partial charge in [0.1, 0.15) is 5.75 Å². The fourth-order valence-corrected chi connectivity index (χ4v) is 7.33. The Hall–Kier alpha value is -3.40. The number of benzene rings is 2. The Morgan fingerprint density at radius 3 is 2.16 bits per heavy atom. The number of rotatable bonds is 23. The Bertz CT molecular complexity index is 1860. The minimum atomic E-state index is -3.68. The number of nitrogens with zero attached hydrogens (tertiary/aromatic N) is 3. The van der Waals surface area contributed by atoms with E-state index in [1.54, 1.807) is 35.9 Å². The Labute approximate surface area is 338 Å². The van der Waals surface area contributed by atoms with Crippen LogP contribution in [0.3, 0.4) is 0 Å². The van der Waals surface area contributed by atoms with Crippen LogP contribution >= 0.6 is 0 Å². The molecule has 1 aromatic heterocycles. The standard InChI is InChI=1S/C38H56N4O8S2.2C2H6/c1-7-9-11-13-24-42(25-14-12-10-8-2)30-19-20-32-34(28-30)41(5)37(44)33(36(32)43)21-22-35(39-23-16-26-52(47,48)49-6)38(3,4)29-17-15-18-31(27-29)51(46)40-50-45;2*1-2/h15,17-22,27-28,40,43,45H,7-14,16,23-26H2,1-6H3;2*1-2H3/b22-21+,39-35?;;. The molecular weight excluding hydrogens is 753 g/mol. The third-order valence-electron chi connectivity index (χ3n) is 9.34. The van der Waals surface area contributed by atoms with Gasteiger partial charge in [-0.25, -0.2) is 9.47 Å². The molecule has 0 radical (unpaired) electrons. The number of fused-ring (bicyclic) bond motifs is 1. The number of unbranched alkanes of at least 4 members (excludes halogenated alkanes) is 6. The van der Waals surface area contributed by atoms with E-state index in [-0.39, 0.29) is 35.6 Å². The molecule has 3 aromatic rings. The van der Waals surface area contributed by atoms with E-state index in [1.807, 2.05) is 70.7 Å². The van der Waals surface area contributed by atoms with Crippen molar-refractivity contribution in [1.82, 2.24) is 9.45 Å². The SMILES string of the molecule is CC.CC.CCCCCCN(CCCCCC)c1ccc2c(O)c(/C=C/C(=NCCCS(=O)(=O)OC)C(C)(C)c3cccc(S(=O)NOO)c3)c(=O)n(C)c2c1. The first-order chi connectivity index (χ1) is 26.8. The van der Waals surface area contributed by atoms with E-state index in [0.29, 0.717) is 27.1 Å². The Kier molecular flexibility index (Phi) is 24.0. The molecule has 0 amide bonds. The second-order valence-electron chi connectivity index (χ2n) is 13.4. The molecule has 0 aliphatic heterocycles. The molecule has 0 fully saturated rings. The predicted molar refractivity (Wildman–Crippen MR) is 234 cm³/mol. The second kappa shape index (κ2) is 26.5. The maximum absolute atomic E-state index is 13.8. The lowest BCUT2D eigenvalue weighted by Crippen LogP contribution is -2.29. The molecule has 3 rings (SSSR count). The number of aliphatic imine (C=N–C) groups is 1. The lowest BCUT2D eigenvalue weighted by Gasteiger charge is -2.27. The van der Waals surface area contributed by atoms with Gasteiger partial charge in [-0.1, -0.05) is 111 Å². The first-order valence-electron chi connectivity index (χ1n) is 20.0. The summed E-state index contributed by atoms with van der Waals surface area (Å²) in [7, 11) is -2.74. The number of nitrogens with one attached hydrogen (secondary N) is 1. The highest BCUT2D eigenvalue weighted by Gasteiger charge is 2.27. The molecule has 0 spiro atoms. The Balaban J connectivity index is 0.00000379. The number of aromatic nitrogens is 1. The van der Waals surface area contributed by atoms with Gasteiger partial charge >= 0.3 is 0 Å². The summed E-state index contributed by atoms with van der Waals surface area (Å²) in [6.45, 7) is 18.2. The molecular formula is C42H68N4O8S2. The molecule has 316 valence electrons. The fraction of sp³-hybridized carbons (Fsp3) is 0.571. The normalized spacial score (nSPS) is 12.6. The zero-order valence-electron chi connectivity index (χ0n) is 35.4. The van der Waals surface area contributed by atoms with Gasteiger partial charge in [0, 0.05) is 48.9 Å². The van der Waals surface area contributed by atoms with E-state index < -0.39 is 26.5 Å². The van der Waals surface area contributed by atoms with Gasteiger partial charge in [-0.2, -0.15) is 8.42 Å². The van der Waals surface area contributed by atoms with Gasteiger partial charge in [-0.3, -0.25) is 14.0 Å². The Morgan fingerprint density at radius 2 is 1.59 bits per heavy atom. The third kappa shape index (κ3) is 15.2. The molecule has 3 N–H and O–H groups in total. The van der Waals surface area contributed by atoms with Crippen molar-refractivity contribution in [2.75, 3.05) is 37.4 Å². The second-order valence-corrected chi connectivity index (χ2v) is 16.4. The Morgan fingerprint density at radius 1 is 0.964 bits per heavy atom. The topological polar surface area (TPSA) is 160 Å². The van der Waals surface area contributed by atoms with Gasteiger partial charge in [0.2, 0.25) is 0 Å². The quantitative estimate of drug-likeness (QED) is 0.0279. The molecule has 14 heteroatoms. The summed E-state index contributed by atoms with van der Waals surface area (Å²) in [6, 6.07) is 12.7. The highest BCUT2D eigenvalue weighted by atomic mass is 32.2. The molecule has 0 aliphatic carbocycles. The summed E-state index contributed by atoms with van der Waals surface area (Å²) in [5.74, 6) is -0.372. The third-order valence-corrected chi connectivity index (χ3v) is 11.5. The van der Waals surface area contributed by atoms with Crippen molar-refractivity contribution in [2.24, 2.45) is 12.0 Å². The van der Waals surface area contributed by atoms with E-state index in [0.717, 1.165) is 38.7 Å². The van der Waals surface area contributed by atoms with E-state index in [2.05, 4.69) is 27.9 Å². The summed E-state index contributed by atoms with van der Waals surface area (Å²) in [5, 5.41) is 20.8. The summed E-state index contributed by atoms with van der Waals surface area (Å²) >= 11 is 0. The van der Waals surface area contributed by atoms with Crippen LogP contribution in [0.4, 0.5) is 5.69 Å². The van der Waals surface area contributed by atoms with Crippen molar-refractivity contribution >= 4 is 49.5 Å². The van der Waals surface area contributed by atoms with Crippen molar-refractivity contribution in [3.63, 3.8) is 0 Å². The highest BCUT2D eigenvalue weighted by Crippen LogP contribution is 2.32. The molecule has 56 heavy (non-hydrogen) atoms. The molecule has 12 nitrogen and oxygen atoms in total.